The topological polar surface area (TPSA) is 53.4 Å². The van der Waals surface area contributed by atoms with Gasteiger partial charge >= 0.3 is 5.97 Å². The maximum atomic E-state index is 12.1. The van der Waals surface area contributed by atoms with E-state index in [1.54, 1.807) is 11.8 Å². The van der Waals surface area contributed by atoms with Gasteiger partial charge in [0.25, 0.3) is 0 Å². The average molecular weight is 371 g/mol. The number of esters is 1. The molecule has 0 aliphatic carbocycles. The Morgan fingerprint density at radius 1 is 1.12 bits per heavy atom. The van der Waals surface area contributed by atoms with Crippen LogP contribution in [0.1, 0.15) is 16.8 Å². The molecule has 0 spiro atoms. The zero-order valence-electron chi connectivity index (χ0n) is 14.6. The first-order valence-corrected chi connectivity index (χ1v) is 8.54. The van der Waals surface area contributed by atoms with Gasteiger partial charge < -0.3 is 9.47 Å². The molecule has 5 nitrogen and oxygen atoms in total. The van der Waals surface area contributed by atoms with E-state index < -0.39 is 0 Å². The average Bonchev–Trinajstić information content (AvgIpc) is 2.95. The predicted octanol–water partition coefficient (Wildman–Crippen LogP) is 4.13. The van der Waals surface area contributed by atoms with E-state index in [0.29, 0.717) is 10.7 Å². The molecule has 0 radical (unpaired) electrons. The highest BCUT2D eigenvalue weighted by molar-refractivity contribution is 6.30. The first kappa shape index (κ1) is 18.0. The maximum Gasteiger partial charge on any atom is 0.310 e. The monoisotopic (exact) mass is 370 g/mol. The van der Waals surface area contributed by atoms with Gasteiger partial charge in [-0.05, 0) is 36.8 Å². The molecule has 0 aliphatic rings. The van der Waals surface area contributed by atoms with Crippen molar-refractivity contribution in [1.29, 1.82) is 0 Å². The largest absolute Gasteiger partial charge is 0.497 e. The first-order valence-electron chi connectivity index (χ1n) is 8.16. The SMILES string of the molecule is COc1ccc(CC(=O)OCc2c(C)nn(-c3ccccc3)c2Cl)cc1. The van der Waals surface area contributed by atoms with Crippen molar-refractivity contribution in [3.63, 3.8) is 0 Å². The second kappa shape index (κ2) is 8.06. The Balaban J connectivity index is 1.65. The van der Waals surface area contributed by atoms with Crippen molar-refractivity contribution in [2.24, 2.45) is 0 Å². The molecule has 6 heteroatoms. The number of benzene rings is 2. The van der Waals surface area contributed by atoms with Crippen LogP contribution in [0.5, 0.6) is 5.75 Å². The van der Waals surface area contributed by atoms with Crippen LogP contribution in [0, 0.1) is 6.92 Å². The zero-order chi connectivity index (χ0) is 18.5. The summed E-state index contributed by atoms with van der Waals surface area (Å²) in [5.41, 5.74) is 3.16. The Morgan fingerprint density at radius 3 is 2.46 bits per heavy atom. The van der Waals surface area contributed by atoms with Gasteiger partial charge in [0, 0.05) is 5.56 Å². The van der Waals surface area contributed by atoms with Crippen LogP contribution < -0.4 is 4.74 Å². The van der Waals surface area contributed by atoms with Gasteiger partial charge in [0.15, 0.2) is 0 Å². The van der Waals surface area contributed by atoms with Crippen molar-refractivity contribution >= 4 is 17.6 Å². The van der Waals surface area contributed by atoms with Crippen LogP contribution in [0.3, 0.4) is 0 Å². The summed E-state index contributed by atoms with van der Waals surface area (Å²) in [7, 11) is 1.60. The van der Waals surface area contributed by atoms with E-state index >= 15 is 0 Å². The van der Waals surface area contributed by atoms with Gasteiger partial charge in [-0.1, -0.05) is 41.9 Å². The van der Waals surface area contributed by atoms with Crippen LogP contribution in [0.4, 0.5) is 0 Å². The molecule has 0 aliphatic heterocycles. The van der Waals surface area contributed by atoms with E-state index in [0.717, 1.165) is 22.7 Å². The highest BCUT2D eigenvalue weighted by Crippen LogP contribution is 2.24. The van der Waals surface area contributed by atoms with E-state index in [2.05, 4.69) is 5.10 Å². The highest BCUT2D eigenvalue weighted by Gasteiger charge is 2.16. The molecule has 1 heterocycles. The van der Waals surface area contributed by atoms with Crippen LogP contribution in [0.15, 0.2) is 54.6 Å². The number of hydrogen-bond acceptors (Lipinski definition) is 4. The summed E-state index contributed by atoms with van der Waals surface area (Å²) in [5.74, 6) is 0.427. The zero-order valence-corrected chi connectivity index (χ0v) is 15.4. The van der Waals surface area contributed by atoms with E-state index in [9.17, 15) is 4.79 Å². The third kappa shape index (κ3) is 4.06. The van der Waals surface area contributed by atoms with E-state index in [1.807, 2.05) is 61.5 Å². The Bertz CT molecular complexity index is 889. The van der Waals surface area contributed by atoms with E-state index in [4.69, 9.17) is 21.1 Å². The summed E-state index contributed by atoms with van der Waals surface area (Å²) >= 11 is 6.44. The molecule has 3 rings (SSSR count). The van der Waals surface area contributed by atoms with Crippen molar-refractivity contribution in [2.45, 2.75) is 20.0 Å². The molecule has 0 atom stereocenters. The second-order valence-corrected chi connectivity index (χ2v) is 6.15. The Kier molecular flexibility index (Phi) is 5.58. The molecule has 0 N–H and O–H groups in total. The lowest BCUT2D eigenvalue weighted by Crippen LogP contribution is -2.08. The summed E-state index contributed by atoms with van der Waals surface area (Å²) in [6, 6.07) is 16.9. The fourth-order valence-electron chi connectivity index (χ4n) is 2.55. The molecule has 0 unspecified atom stereocenters. The smallest absolute Gasteiger partial charge is 0.310 e. The number of methoxy groups -OCH3 is 1. The van der Waals surface area contributed by atoms with Crippen LogP contribution in [-0.4, -0.2) is 22.9 Å². The Labute approximate surface area is 157 Å². The predicted molar refractivity (Wildman–Crippen MR) is 99.8 cm³/mol. The minimum Gasteiger partial charge on any atom is -0.497 e. The molecule has 0 saturated heterocycles. The first-order chi connectivity index (χ1) is 12.6. The van der Waals surface area contributed by atoms with Crippen LogP contribution in [0.2, 0.25) is 5.15 Å². The highest BCUT2D eigenvalue weighted by atomic mass is 35.5. The van der Waals surface area contributed by atoms with Crippen LogP contribution in [0.25, 0.3) is 5.69 Å². The molecular weight excluding hydrogens is 352 g/mol. The standard InChI is InChI=1S/C20H19ClN2O3/c1-14-18(20(21)23(22-14)16-6-4-3-5-7-16)13-26-19(24)12-15-8-10-17(25-2)11-9-15/h3-11H,12-13H2,1-2H3. The number of aromatic nitrogens is 2. The summed E-state index contributed by atoms with van der Waals surface area (Å²) in [5, 5.41) is 4.89. The number of carbonyl (C=O) groups is 1. The van der Waals surface area contributed by atoms with Gasteiger partial charge in [0.2, 0.25) is 0 Å². The molecular formula is C20H19ClN2O3. The van der Waals surface area contributed by atoms with Crippen molar-refractivity contribution in [1.82, 2.24) is 9.78 Å². The fourth-order valence-corrected chi connectivity index (χ4v) is 2.88. The Morgan fingerprint density at radius 2 is 1.81 bits per heavy atom. The third-order valence-electron chi connectivity index (χ3n) is 4.01. The number of aryl methyl sites for hydroxylation is 1. The van der Waals surface area contributed by atoms with Crippen LogP contribution in [-0.2, 0) is 22.6 Å². The number of para-hydroxylation sites is 1. The maximum absolute atomic E-state index is 12.1. The molecule has 0 amide bonds. The minimum absolute atomic E-state index is 0.0898. The van der Waals surface area contributed by atoms with Gasteiger partial charge in [-0.2, -0.15) is 5.10 Å². The Hall–Kier alpha value is -2.79. The number of hydrogen-bond donors (Lipinski definition) is 0. The molecule has 0 fully saturated rings. The molecule has 134 valence electrons. The summed E-state index contributed by atoms with van der Waals surface area (Å²) in [6.45, 7) is 1.93. The molecule has 0 saturated carbocycles. The molecule has 26 heavy (non-hydrogen) atoms. The van der Waals surface area contributed by atoms with Crippen molar-refractivity contribution in [3.05, 3.63) is 76.6 Å². The van der Waals surface area contributed by atoms with Gasteiger partial charge in [0.05, 0.1) is 24.9 Å². The number of ether oxygens (including phenoxy) is 2. The van der Waals surface area contributed by atoms with E-state index in [1.165, 1.54) is 0 Å². The molecule has 3 aromatic rings. The van der Waals surface area contributed by atoms with Gasteiger partial charge in [-0.25, -0.2) is 4.68 Å². The molecule has 0 bridgehead atoms. The third-order valence-corrected chi connectivity index (χ3v) is 4.40. The lowest BCUT2D eigenvalue weighted by Gasteiger charge is -2.06. The lowest BCUT2D eigenvalue weighted by molar-refractivity contribution is -0.144. The van der Waals surface area contributed by atoms with Gasteiger partial charge in [-0.15, -0.1) is 0 Å². The summed E-state index contributed by atoms with van der Waals surface area (Å²) in [6.07, 6.45) is 0.188. The quantitative estimate of drug-likeness (QED) is 0.612. The number of carbonyl (C=O) groups excluding carboxylic acids is 1. The summed E-state index contributed by atoms with van der Waals surface area (Å²) < 4.78 is 12.1. The van der Waals surface area contributed by atoms with Gasteiger partial charge in [0.1, 0.15) is 17.5 Å². The minimum atomic E-state index is -0.321. The second-order valence-electron chi connectivity index (χ2n) is 5.79. The molecule has 1 aromatic heterocycles. The molecule has 2 aromatic carbocycles. The van der Waals surface area contributed by atoms with Crippen molar-refractivity contribution in [2.75, 3.05) is 7.11 Å². The summed E-state index contributed by atoms with van der Waals surface area (Å²) in [4.78, 5) is 12.1. The van der Waals surface area contributed by atoms with Crippen molar-refractivity contribution < 1.29 is 14.3 Å². The lowest BCUT2D eigenvalue weighted by atomic mass is 10.1. The van der Waals surface area contributed by atoms with Crippen molar-refractivity contribution in [3.8, 4) is 11.4 Å². The van der Waals surface area contributed by atoms with Gasteiger partial charge in [-0.3, -0.25) is 4.79 Å². The number of nitrogens with zero attached hydrogens (tertiary/aromatic N) is 2. The number of rotatable bonds is 6. The van der Waals surface area contributed by atoms with Crippen LogP contribution >= 0.6 is 11.6 Å². The fraction of sp³-hybridized carbons (Fsp3) is 0.200. The normalized spacial score (nSPS) is 10.6. The number of halogens is 1. The van der Waals surface area contributed by atoms with E-state index in [-0.39, 0.29) is 19.0 Å².